The smallest absolute Gasteiger partial charge is 0.00230 e. The summed E-state index contributed by atoms with van der Waals surface area (Å²) in [6, 6.07) is 19.3. The molecule has 0 saturated heterocycles. The third-order valence-electron chi connectivity index (χ3n) is 3.01. The lowest BCUT2D eigenvalue weighted by Crippen LogP contribution is -2.02. The topological polar surface area (TPSA) is 26.0 Å². The van der Waals surface area contributed by atoms with Crippen LogP contribution in [0.2, 0.25) is 0 Å². The number of halogens is 1. The summed E-state index contributed by atoms with van der Waals surface area (Å²) in [5, 5.41) is 0. The Kier molecular flexibility index (Phi) is 6.48. The number of hydrogen-bond donors (Lipinski definition) is 1. The Morgan fingerprint density at radius 3 is 2.06 bits per heavy atom. The molecule has 2 aromatic rings. The summed E-state index contributed by atoms with van der Waals surface area (Å²) < 4.78 is 0. The molecular weight excluding hydrogens is 242 g/mol. The second kappa shape index (κ2) is 7.91. The standard InChI is InChI=1S/C16H19N.ClH/c17-12-6-11-15-9-4-5-10-16(15)13-14-7-2-1-3-8-14;/h1-5,7-10H,6,11-13,17H2;1H. The second-order valence-electron chi connectivity index (χ2n) is 4.32. The van der Waals surface area contributed by atoms with E-state index < -0.39 is 0 Å². The van der Waals surface area contributed by atoms with E-state index in [1.807, 2.05) is 0 Å². The molecule has 0 aliphatic heterocycles. The maximum atomic E-state index is 5.58. The first-order valence-electron chi connectivity index (χ1n) is 6.21. The van der Waals surface area contributed by atoms with Gasteiger partial charge >= 0.3 is 0 Å². The van der Waals surface area contributed by atoms with Crippen LogP contribution in [-0.4, -0.2) is 6.54 Å². The van der Waals surface area contributed by atoms with Gasteiger partial charge in [-0.2, -0.15) is 0 Å². The van der Waals surface area contributed by atoms with Crippen molar-refractivity contribution >= 4 is 12.4 Å². The lowest BCUT2D eigenvalue weighted by atomic mass is 9.97. The molecule has 1 nitrogen and oxygen atoms in total. The fourth-order valence-electron chi connectivity index (χ4n) is 2.08. The highest BCUT2D eigenvalue weighted by Gasteiger charge is 2.02. The Balaban J connectivity index is 0.00000162. The van der Waals surface area contributed by atoms with Crippen LogP contribution >= 0.6 is 12.4 Å². The van der Waals surface area contributed by atoms with Gasteiger partial charge in [0.1, 0.15) is 0 Å². The first-order chi connectivity index (χ1) is 8.40. The maximum absolute atomic E-state index is 5.58. The summed E-state index contributed by atoms with van der Waals surface area (Å²) in [6.07, 6.45) is 3.16. The SMILES string of the molecule is Cl.NCCCc1ccccc1Cc1ccccc1. The molecule has 2 heteroatoms. The van der Waals surface area contributed by atoms with Gasteiger partial charge in [-0.25, -0.2) is 0 Å². The molecule has 0 aromatic heterocycles. The van der Waals surface area contributed by atoms with Gasteiger partial charge in [0.15, 0.2) is 0 Å². The molecule has 0 atom stereocenters. The second-order valence-corrected chi connectivity index (χ2v) is 4.32. The van der Waals surface area contributed by atoms with E-state index >= 15 is 0 Å². The van der Waals surface area contributed by atoms with Crippen molar-refractivity contribution in [1.82, 2.24) is 0 Å². The normalized spacial score (nSPS) is 9.83. The maximum Gasteiger partial charge on any atom is -0.00230 e. The minimum atomic E-state index is 0. The molecule has 0 bridgehead atoms. The third kappa shape index (κ3) is 4.17. The van der Waals surface area contributed by atoms with Crippen molar-refractivity contribution in [3.05, 3.63) is 71.3 Å². The summed E-state index contributed by atoms with van der Waals surface area (Å²) >= 11 is 0. The van der Waals surface area contributed by atoms with Crippen molar-refractivity contribution in [3.8, 4) is 0 Å². The predicted molar refractivity (Wildman–Crippen MR) is 80.3 cm³/mol. The average Bonchev–Trinajstić information content (AvgIpc) is 2.39. The van der Waals surface area contributed by atoms with E-state index in [2.05, 4.69) is 54.6 Å². The van der Waals surface area contributed by atoms with Crippen molar-refractivity contribution in [3.63, 3.8) is 0 Å². The fraction of sp³-hybridized carbons (Fsp3) is 0.250. The molecule has 0 aliphatic carbocycles. The molecule has 2 N–H and O–H groups in total. The Morgan fingerprint density at radius 1 is 0.778 bits per heavy atom. The molecule has 0 aliphatic rings. The van der Waals surface area contributed by atoms with Crippen molar-refractivity contribution < 1.29 is 0 Å². The minimum Gasteiger partial charge on any atom is -0.330 e. The summed E-state index contributed by atoms with van der Waals surface area (Å²) in [5.41, 5.74) is 9.80. The van der Waals surface area contributed by atoms with Gasteiger partial charge in [0, 0.05) is 0 Å². The van der Waals surface area contributed by atoms with E-state index in [0.29, 0.717) is 0 Å². The van der Waals surface area contributed by atoms with E-state index in [1.165, 1.54) is 16.7 Å². The Morgan fingerprint density at radius 2 is 1.39 bits per heavy atom. The van der Waals surface area contributed by atoms with E-state index in [4.69, 9.17) is 5.73 Å². The number of nitrogens with two attached hydrogens (primary N) is 1. The van der Waals surface area contributed by atoms with Crippen LogP contribution in [0.15, 0.2) is 54.6 Å². The van der Waals surface area contributed by atoms with Gasteiger partial charge in [-0.05, 0) is 42.5 Å². The molecule has 0 fully saturated rings. The highest BCUT2D eigenvalue weighted by atomic mass is 35.5. The lowest BCUT2D eigenvalue weighted by Gasteiger charge is -2.09. The number of hydrogen-bond acceptors (Lipinski definition) is 1. The van der Waals surface area contributed by atoms with Crippen LogP contribution in [0.5, 0.6) is 0 Å². The zero-order chi connectivity index (χ0) is 11.9. The van der Waals surface area contributed by atoms with Gasteiger partial charge in [-0.1, -0.05) is 54.6 Å². The number of benzene rings is 2. The van der Waals surface area contributed by atoms with Crippen molar-refractivity contribution in [2.24, 2.45) is 5.73 Å². The molecule has 0 amide bonds. The Hall–Kier alpha value is -1.31. The van der Waals surface area contributed by atoms with Crippen molar-refractivity contribution in [2.45, 2.75) is 19.3 Å². The zero-order valence-corrected chi connectivity index (χ0v) is 11.3. The van der Waals surface area contributed by atoms with Gasteiger partial charge in [0.2, 0.25) is 0 Å². The molecule has 0 spiro atoms. The molecule has 0 heterocycles. The van der Waals surface area contributed by atoms with Crippen LogP contribution in [0.4, 0.5) is 0 Å². The van der Waals surface area contributed by atoms with Gasteiger partial charge in [-0.15, -0.1) is 12.4 Å². The lowest BCUT2D eigenvalue weighted by molar-refractivity contribution is 0.824. The molecule has 18 heavy (non-hydrogen) atoms. The van der Waals surface area contributed by atoms with Crippen molar-refractivity contribution in [1.29, 1.82) is 0 Å². The molecule has 0 radical (unpaired) electrons. The summed E-state index contributed by atoms with van der Waals surface area (Å²) in [4.78, 5) is 0. The molecule has 0 saturated carbocycles. The molecular formula is C16H20ClN. The van der Waals surface area contributed by atoms with E-state index in [-0.39, 0.29) is 12.4 Å². The van der Waals surface area contributed by atoms with Crippen LogP contribution in [0.25, 0.3) is 0 Å². The molecule has 2 rings (SSSR count). The van der Waals surface area contributed by atoms with Crippen LogP contribution in [-0.2, 0) is 12.8 Å². The van der Waals surface area contributed by atoms with Gasteiger partial charge in [-0.3, -0.25) is 0 Å². The summed E-state index contributed by atoms with van der Waals surface area (Å²) in [6.45, 7) is 0.764. The Labute approximate surface area is 115 Å². The first-order valence-corrected chi connectivity index (χ1v) is 6.21. The minimum absolute atomic E-state index is 0. The number of rotatable bonds is 5. The fourth-order valence-corrected chi connectivity index (χ4v) is 2.08. The first kappa shape index (κ1) is 14.7. The zero-order valence-electron chi connectivity index (χ0n) is 10.5. The van der Waals surface area contributed by atoms with E-state index in [9.17, 15) is 0 Å². The van der Waals surface area contributed by atoms with Crippen LogP contribution in [0.3, 0.4) is 0 Å². The molecule has 2 aromatic carbocycles. The summed E-state index contributed by atoms with van der Waals surface area (Å²) in [5.74, 6) is 0. The van der Waals surface area contributed by atoms with E-state index in [0.717, 1.165) is 25.8 Å². The molecule has 0 unspecified atom stereocenters. The quantitative estimate of drug-likeness (QED) is 0.875. The number of aryl methyl sites for hydroxylation is 1. The highest BCUT2D eigenvalue weighted by molar-refractivity contribution is 5.85. The summed E-state index contributed by atoms with van der Waals surface area (Å²) in [7, 11) is 0. The van der Waals surface area contributed by atoms with Gasteiger partial charge < -0.3 is 5.73 Å². The third-order valence-corrected chi connectivity index (χ3v) is 3.01. The highest BCUT2D eigenvalue weighted by Crippen LogP contribution is 2.15. The predicted octanol–water partition coefficient (Wildman–Crippen LogP) is 3.59. The van der Waals surface area contributed by atoms with Crippen LogP contribution < -0.4 is 5.73 Å². The van der Waals surface area contributed by atoms with E-state index in [1.54, 1.807) is 0 Å². The molecule has 96 valence electrons. The monoisotopic (exact) mass is 261 g/mol. The average molecular weight is 262 g/mol. The van der Waals surface area contributed by atoms with Gasteiger partial charge in [0.05, 0.1) is 0 Å². The van der Waals surface area contributed by atoms with Gasteiger partial charge in [0.25, 0.3) is 0 Å². The largest absolute Gasteiger partial charge is 0.330 e. The van der Waals surface area contributed by atoms with Crippen LogP contribution in [0, 0.1) is 0 Å². The van der Waals surface area contributed by atoms with Crippen LogP contribution in [0.1, 0.15) is 23.1 Å². The Bertz CT molecular complexity index is 454. The van der Waals surface area contributed by atoms with Crippen molar-refractivity contribution in [2.75, 3.05) is 6.54 Å².